The molecule has 2 aliphatic heterocycles. The van der Waals surface area contributed by atoms with E-state index in [4.69, 9.17) is 4.42 Å². The fourth-order valence-electron chi connectivity index (χ4n) is 5.02. The largest absolute Gasteiger partial charge is 0.425 e. The number of piperidine rings is 1. The van der Waals surface area contributed by atoms with E-state index in [-0.39, 0.29) is 5.41 Å². The highest BCUT2D eigenvalue weighted by atomic mass is 16.4. The summed E-state index contributed by atoms with van der Waals surface area (Å²) in [6.45, 7) is 6.25. The van der Waals surface area contributed by atoms with Crippen LogP contribution in [-0.2, 0) is 16.8 Å². The van der Waals surface area contributed by atoms with Crippen molar-refractivity contribution in [3.05, 3.63) is 47.7 Å². The molecule has 3 heterocycles. The molecular weight excluding hydrogens is 352 g/mol. The summed E-state index contributed by atoms with van der Waals surface area (Å²) in [5.74, 6) is 2.69. The molecule has 5 rings (SSSR count). The van der Waals surface area contributed by atoms with Crippen LogP contribution in [0.25, 0.3) is 0 Å². The average molecular weight is 380 g/mol. The van der Waals surface area contributed by atoms with Crippen LogP contribution in [0.5, 0.6) is 0 Å². The monoisotopic (exact) mass is 380 g/mol. The summed E-state index contributed by atoms with van der Waals surface area (Å²) in [5.41, 5.74) is 1.19. The Hall–Kier alpha value is -2.21. The molecule has 3 fully saturated rings. The van der Waals surface area contributed by atoms with Gasteiger partial charge >= 0.3 is 0 Å². The Morgan fingerprint density at radius 3 is 2.75 bits per heavy atom. The van der Waals surface area contributed by atoms with Gasteiger partial charge in [-0.05, 0) is 30.7 Å². The van der Waals surface area contributed by atoms with E-state index < -0.39 is 0 Å². The maximum absolute atomic E-state index is 12.7. The van der Waals surface area contributed by atoms with Gasteiger partial charge in [0.25, 0.3) is 0 Å². The van der Waals surface area contributed by atoms with Gasteiger partial charge in [-0.3, -0.25) is 9.69 Å². The second-order valence-electron chi connectivity index (χ2n) is 8.87. The molecule has 2 aromatic rings. The number of carbonyl (C=O) groups is 1. The first-order valence-electron chi connectivity index (χ1n) is 10.5. The molecule has 28 heavy (non-hydrogen) atoms. The molecule has 1 aromatic carbocycles. The lowest BCUT2D eigenvalue weighted by atomic mass is 9.72. The third-order valence-corrected chi connectivity index (χ3v) is 6.75. The van der Waals surface area contributed by atoms with Crippen molar-refractivity contribution in [1.82, 2.24) is 20.0 Å². The molecule has 1 amide bonds. The van der Waals surface area contributed by atoms with Crippen LogP contribution in [0.1, 0.15) is 43.0 Å². The lowest BCUT2D eigenvalue weighted by Gasteiger charge is -2.41. The predicted molar refractivity (Wildman–Crippen MR) is 104 cm³/mol. The summed E-state index contributed by atoms with van der Waals surface area (Å²) in [4.78, 5) is 17.3. The molecule has 148 valence electrons. The molecule has 0 N–H and O–H groups in total. The highest BCUT2D eigenvalue weighted by Crippen LogP contribution is 2.45. The number of aryl methyl sites for hydroxylation is 1. The number of hydrogen-bond acceptors (Lipinski definition) is 5. The standard InChI is InChI=1S/C22H28N4O2/c1-16-23-24-21(28-16)22-9-10-26(20(27)11-17-7-8-17)14-19(22)13-25(15-22)12-18-5-3-2-4-6-18/h2-6,17,19H,7-15H2,1H3/t19-,22+/m1/s1. The molecule has 1 aromatic heterocycles. The molecule has 0 radical (unpaired) electrons. The highest BCUT2D eigenvalue weighted by Gasteiger charge is 2.54. The van der Waals surface area contributed by atoms with Crippen molar-refractivity contribution >= 4 is 5.91 Å². The average Bonchev–Trinajstić information content (AvgIpc) is 3.27. The maximum Gasteiger partial charge on any atom is 0.224 e. The van der Waals surface area contributed by atoms with Crippen molar-refractivity contribution in [2.45, 2.75) is 44.6 Å². The van der Waals surface area contributed by atoms with Gasteiger partial charge in [0.1, 0.15) is 0 Å². The van der Waals surface area contributed by atoms with E-state index in [0.29, 0.717) is 23.6 Å². The van der Waals surface area contributed by atoms with Crippen molar-refractivity contribution in [3.63, 3.8) is 0 Å². The molecule has 6 heteroatoms. The zero-order valence-corrected chi connectivity index (χ0v) is 16.5. The topological polar surface area (TPSA) is 62.5 Å². The number of likely N-dealkylation sites (tertiary alicyclic amines) is 2. The molecule has 3 aliphatic rings. The molecule has 6 nitrogen and oxygen atoms in total. The van der Waals surface area contributed by atoms with Gasteiger partial charge in [0, 0.05) is 52.0 Å². The minimum atomic E-state index is -0.133. The summed E-state index contributed by atoms with van der Waals surface area (Å²) in [5, 5.41) is 8.54. The van der Waals surface area contributed by atoms with Crippen molar-refractivity contribution in [2.24, 2.45) is 11.8 Å². The number of amides is 1. The van der Waals surface area contributed by atoms with Gasteiger partial charge < -0.3 is 9.32 Å². The third-order valence-electron chi connectivity index (χ3n) is 6.75. The Labute approximate surface area is 165 Å². The van der Waals surface area contributed by atoms with Crippen molar-refractivity contribution < 1.29 is 9.21 Å². The van der Waals surface area contributed by atoms with E-state index in [9.17, 15) is 4.79 Å². The minimum absolute atomic E-state index is 0.133. The van der Waals surface area contributed by atoms with E-state index in [1.807, 2.05) is 6.92 Å². The number of rotatable bonds is 5. The normalized spacial score (nSPS) is 27.8. The number of nitrogens with zero attached hydrogens (tertiary/aromatic N) is 4. The van der Waals surface area contributed by atoms with Gasteiger partial charge in [0.2, 0.25) is 17.7 Å². The first kappa shape index (κ1) is 17.9. The number of carbonyl (C=O) groups excluding carboxylic acids is 1. The first-order chi connectivity index (χ1) is 13.6. The van der Waals surface area contributed by atoms with E-state index in [1.165, 1.54) is 18.4 Å². The van der Waals surface area contributed by atoms with Gasteiger partial charge in [-0.1, -0.05) is 30.3 Å². The Morgan fingerprint density at radius 2 is 2.04 bits per heavy atom. The SMILES string of the molecule is Cc1nnc([C@]23CCN(C(=O)CC4CC4)C[C@H]2CN(Cc2ccccc2)C3)o1. The Kier molecular flexibility index (Phi) is 4.46. The lowest BCUT2D eigenvalue weighted by Crippen LogP contribution is -2.51. The fourth-order valence-corrected chi connectivity index (χ4v) is 5.02. The summed E-state index contributed by atoms with van der Waals surface area (Å²) in [6, 6.07) is 10.6. The minimum Gasteiger partial charge on any atom is -0.425 e. The summed E-state index contributed by atoms with van der Waals surface area (Å²) >= 11 is 0. The summed E-state index contributed by atoms with van der Waals surface area (Å²) in [6.07, 6.45) is 4.08. The Bertz CT molecular complexity index is 847. The van der Waals surface area contributed by atoms with Crippen LogP contribution in [0.2, 0.25) is 0 Å². The highest BCUT2D eigenvalue weighted by molar-refractivity contribution is 5.77. The third kappa shape index (κ3) is 3.34. The zero-order valence-electron chi connectivity index (χ0n) is 16.5. The molecule has 0 spiro atoms. The van der Waals surface area contributed by atoms with Gasteiger partial charge in [0.05, 0.1) is 5.41 Å². The second kappa shape index (κ2) is 6.99. The summed E-state index contributed by atoms with van der Waals surface area (Å²) in [7, 11) is 0. The van der Waals surface area contributed by atoms with Gasteiger partial charge in [0.15, 0.2) is 0 Å². The van der Waals surface area contributed by atoms with E-state index in [1.54, 1.807) is 0 Å². The van der Waals surface area contributed by atoms with Crippen molar-refractivity contribution in [1.29, 1.82) is 0 Å². The number of benzene rings is 1. The number of aromatic nitrogens is 2. The second-order valence-corrected chi connectivity index (χ2v) is 8.87. The molecule has 2 saturated heterocycles. The van der Waals surface area contributed by atoms with Gasteiger partial charge in [-0.25, -0.2) is 0 Å². The van der Waals surface area contributed by atoms with Crippen molar-refractivity contribution in [3.8, 4) is 0 Å². The molecule has 1 aliphatic carbocycles. The summed E-state index contributed by atoms with van der Waals surface area (Å²) < 4.78 is 5.94. The van der Waals surface area contributed by atoms with Crippen LogP contribution in [0, 0.1) is 18.8 Å². The van der Waals surface area contributed by atoms with E-state index in [0.717, 1.165) is 51.5 Å². The van der Waals surface area contributed by atoms with Crippen LogP contribution in [0.4, 0.5) is 0 Å². The van der Waals surface area contributed by atoms with Crippen LogP contribution >= 0.6 is 0 Å². The van der Waals surface area contributed by atoms with Gasteiger partial charge in [-0.15, -0.1) is 10.2 Å². The van der Waals surface area contributed by atoms with Crippen LogP contribution in [-0.4, -0.2) is 52.1 Å². The van der Waals surface area contributed by atoms with E-state index >= 15 is 0 Å². The predicted octanol–water partition coefficient (Wildman–Crippen LogP) is 2.78. The lowest BCUT2D eigenvalue weighted by molar-refractivity contribution is -0.134. The smallest absolute Gasteiger partial charge is 0.224 e. The molecule has 1 saturated carbocycles. The molecule has 2 atom stereocenters. The molecular formula is C22H28N4O2. The Morgan fingerprint density at radius 1 is 1.21 bits per heavy atom. The number of fused-ring (bicyclic) bond motifs is 1. The van der Waals surface area contributed by atoms with E-state index in [2.05, 4.69) is 50.3 Å². The number of hydrogen-bond donors (Lipinski definition) is 0. The fraction of sp³-hybridized carbons (Fsp3) is 0.591. The Balaban J connectivity index is 1.37. The molecule has 0 bridgehead atoms. The van der Waals surface area contributed by atoms with Crippen LogP contribution < -0.4 is 0 Å². The van der Waals surface area contributed by atoms with Crippen LogP contribution in [0.15, 0.2) is 34.7 Å². The molecule has 0 unspecified atom stereocenters. The van der Waals surface area contributed by atoms with Crippen LogP contribution in [0.3, 0.4) is 0 Å². The zero-order chi connectivity index (χ0) is 19.1. The quantitative estimate of drug-likeness (QED) is 0.798. The van der Waals surface area contributed by atoms with Crippen molar-refractivity contribution in [2.75, 3.05) is 26.2 Å². The maximum atomic E-state index is 12.7. The first-order valence-corrected chi connectivity index (χ1v) is 10.5. The van der Waals surface area contributed by atoms with Gasteiger partial charge in [-0.2, -0.15) is 0 Å².